The van der Waals surface area contributed by atoms with Gasteiger partial charge in [0.2, 0.25) is 5.91 Å². The van der Waals surface area contributed by atoms with Gasteiger partial charge in [0, 0.05) is 36.8 Å². The van der Waals surface area contributed by atoms with Crippen LogP contribution in [0.25, 0.3) is 0 Å². The van der Waals surface area contributed by atoms with Crippen molar-refractivity contribution < 1.29 is 4.79 Å². The Kier molecular flexibility index (Phi) is 4.81. The third kappa shape index (κ3) is 3.56. The Morgan fingerprint density at radius 2 is 2.12 bits per heavy atom. The van der Waals surface area contributed by atoms with E-state index < -0.39 is 0 Å². The molecule has 1 fully saturated rings. The highest BCUT2D eigenvalue weighted by Crippen LogP contribution is 2.28. The minimum Gasteiger partial charge on any atom is -0.358 e. The summed E-state index contributed by atoms with van der Waals surface area (Å²) in [6, 6.07) is 8.63. The van der Waals surface area contributed by atoms with Crippen molar-refractivity contribution in [3.63, 3.8) is 0 Å². The number of hydrogen-bond acceptors (Lipinski definition) is 2. The zero-order valence-electron chi connectivity index (χ0n) is 14.8. The first-order valence-corrected chi connectivity index (χ1v) is 9.25. The third-order valence-electron chi connectivity index (χ3n) is 5.02. The van der Waals surface area contributed by atoms with E-state index in [1.807, 2.05) is 23.1 Å². The average Bonchev–Trinajstić information content (AvgIpc) is 2.93. The minimum atomic E-state index is 0.0576. The molecule has 0 radical (unpaired) electrons. The van der Waals surface area contributed by atoms with Crippen molar-refractivity contribution >= 4 is 28.9 Å². The monoisotopic (exact) mass is 345 g/mol. The van der Waals surface area contributed by atoms with Gasteiger partial charge < -0.3 is 15.1 Å². The van der Waals surface area contributed by atoms with E-state index in [0.29, 0.717) is 12.5 Å². The topological polar surface area (TPSA) is 35.6 Å². The van der Waals surface area contributed by atoms with Gasteiger partial charge in [0.25, 0.3) is 0 Å². The van der Waals surface area contributed by atoms with E-state index in [9.17, 15) is 4.79 Å². The number of amides is 1. The number of hydrogen-bond donors (Lipinski definition) is 1. The number of thiocarbonyl (C=S) groups is 1. The fourth-order valence-electron chi connectivity index (χ4n) is 3.92. The molecule has 2 aliphatic heterocycles. The molecule has 3 rings (SSSR count). The Balaban J connectivity index is 1.52. The van der Waals surface area contributed by atoms with Crippen LogP contribution in [0.2, 0.25) is 0 Å². The molecule has 24 heavy (non-hydrogen) atoms. The Bertz CT molecular complexity index is 643. The molecule has 0 bridgehead atoms. The summed E-state index contributed by atoms with van der Waals surface area (Å²) in [4.78, 5) is 16.7. The predicted octanol–water partition coefficient (Wildman–Crippen LogP) is 3.10. The molecule has 4 nitrogen and oxygen atoms in total. The van der Waals surface area contributed by atoms with Gasteiger partial charge in [-0.2, -0.15) is 0 Å². The maximum Gasteiger partial charge on any atom is 0.227 e. The Morgan fingerprint density at radius 3 is 2.88 bits per heavy atom. The van der Waals surface area contributed by atoms with Crippen molar-refractivity contribution in [3.8, 4) is 0 Å². The Hall–Kier alpha value is -1.62. The highest BCUT2D eigenvalue weighted by molar-refractivity contribution is 7.80. The zero-order chi connectivity index (χ0) is 17.3. The number of para-hydroxylation sites is 1. The van der Waals surface area contributed by atoms with E-state index in [4.69, 9.17) is 12.2 Å². The molecule has 0 aromatic heterocycles. The second-order valence-corrected chi connectivity index (χ2v) is 7.97. The highest BCUT2D eigenvalue weighted by atomic mass is 32.1. The number of nitrogens with one attached hydrogen (secondary N) is 1. The van der Waals surface area contributed by atoms with Gasteiger partial charge in [0.05, 0.1) is 0 Å². The van der Waals surface area contributed by atoms with Gasteiger partial charge in [-0.1, -0.05) is 18.2 Å². The normalized spacial score (nSPS) is 22.3. The van der Waals surface area contributed by atoms with Crippen LogP contribution in [-0.4, -0.2) is 40.6 Å². The number of fused-ring (bicyclic) bond motifs is 1. The largest absolute Gasteiger partial charge is 0.358 e. The summed E-state index contributed by atoms with van der Waals surface area (Å²) in [7, 11) is 0. The number of anilines is 1. The number of nitrogens with zero attached hydrogens (tertiary/aromatic N) is 2. The molecular formula is C19H27N3OS. The number of benzene rings is 1. The van der Waals surface area contributed by atoms with Crippen LogP contribution in [-0.2, 0) is 11.2 Å². The van der Waals surface area contributed by atoms with E-state index >= 15 is 0 Å². The molecule has 1 N–H and O–H groups in total. The van der Waals surface area contributed by atoms with Crippen molar-refractivity contribution in [3.05, 3.63) is 29.8 Å². The van der Waals surface area contributed by atoms with Gasteiger partial charge in [-0.3, -0.25) is 4.79 Å². The number of rotatable bonds is 4. The fraction of sp³-hybridized carbons (Fsp3) is 0.579. The molecule has 1 aromatic carbocycles. The van der Waals surface area contributed by atoms with Gasteiger partial charge in [0.1, 0.15) is 0 Å². The quantitative estimate of drug-likeness (QED) is 0.851. The molecular weight excluding hydrogens is 318 g/mol. The lowest BCUT2D eigenvalue weighted by Crippen LogP contribution is -2.60. The summed E-state index contributed by atoms with van der Waals surface area (Å²) in [6.07, 6.45) is 3.43. The van der Waals surface area contributed by atoms with Crippen LogP contribution in [0.3, 0.4) is 0 Å². The molecule has 1 unspecified atom stereocenters. The first kappa shape index (κ1) is 17.2. The number of carbonyl (C=O) groups excluding carboxylic acids is 1. The predicted molar refractivity (Wildman–Crippen MR) is 102 cm³/mol. The molecule has 130 valence electrons. The standard InChI is InChI=1S/C19H27N3OS/c1-14-13-19(2,3)20-18(24)21(14)11-6-9-17(23)22-12-10-15-7-4-5-8-16(15)22/h4-5,7-8,14H,6,9-13H2,1-3H3,(H,20,24). The van der Waals surface area contributed by atoms with E-state index in [2.05, 4.69) is 37.1 Å². The molecule has 1 aromatic rings. The highest BCUT2D eigenvalue weighted by Gasteiger charge is 2.33. The summed E-state index contributed by atoms with van der Waals surface area (Å²) in [5, 5.41) is 4.22. The van der Waals surface area contributed by atoms with Crippen LogP contribution >= 0.6 is 12.2 Å². The van der Waals surface area contributed by atoms with Gasteiger partial charge >= 0.3 is 0 Å². The SMILES string of the molecule is CC1CC(C)(C)NC(=S)N1CCCC(=O)N1CCc2ccccc21. The van der Waals surface area contributed by atoms with Crippen molar-refractivity contribution in [2.24, 2.45) is 0 Å². The van der Waals surface area contributed by atoms with E-state index in [1.54, 1.807) is 0 Å². The molecule has 2 aliphatic rings. The van der Waals surface area contributed by atoms with E-state index in [0.717, 1.165) is 43.2 Å². The maximum atomic E-state index is 12.6. The van der Waals surface area contributed by atoms with Gasteiger partial charge in [-0.05, 0) is 63.9 Å². The summed E-state index contributed by atoms with van der Waals surface area (Å²) in [5.41, 5.74) is 2.43. The molecule has 1 amide bonds. The van der Waals surface area contributed by atoms with Crippen molar-refractivity contribution in [2.45, 2.75) is 58.0 Å². The molecule has 1 saturated heterocycles. The van der Waals surface area contributed by atoms with E-state index in [1.165, 1.54) is 5.56 Å². The first-order valence-electron chi connectivity index (χ1n) is 8.84. The molecule has 0 spiro atoms. The first-order chi connectivity index (χ1) is 11.4. The van der Waals surface area contributed by atoms with Gasteiger partial charge in [0.15, 0.2) is 5.11 Å². The molecule has 2 heterocycles. The van der Waals surface area contributed by atoms with Crippen LogP contribution in [0.15, 0.2) is 24.3 Å². The van der Waals surface area contributed by atoms with Crippen molar-refractivity contribution in [1.82, 2.24) is 10.2 Å². The van der Waals surface area contributed by atoms with Gasteiger partial charge in [-0.25, -0.2) is 0 Å². The van der Waals surface area contributed by atoms with Crippen LogP contribution in [0.5, 0.6) is 0 Å². The Labute approximate surface area is 150 Å². The molecule has 0 aliphatic carbocycles. The summed E-state index contributed by atoms with van der Waals surface area (Å²) < 4.78 is 0. The second-order valence-electron chi connectivity index (χ2n) is 7.59. The lowest BCUT2D eigenvalue weighted by molar-refractivity contribution is -0.118. The Morgan fingerprint density at radius 1 is 1.38 bits per heavy atom. The van der Waals surface area contributed by atoms with Crippen molar-refractivity contribution in [1.29, 1.82) is 0 Å². The number of carbonyl (C=O) groups is 1. The molecule has 0 saturated carbocycles. The average molecular weight is 346 g/mol. The maximum absolute atomic E-state index is 12.6. The smallest absolute Gasteiger partial charge is 0.227 e. The van der Waals surface area contributed by atoms with Crippen molar-refractivity contribution in [2.75, 3.05) is 18.0 Å². The minimum absolute atomic E-state index is 0.0576. The van der Waals surface area contributed by atoms with E-state index in [-0.39, 0.29) is 11.4 Å². The summed E-state index contributed by atoms with van der Waals surface area (Å²) >= 11 is 5.51. The summed E-state index contributed by atoms with van der Waals surface area (Å²) in [6.45, 7) is 8.23. The lowest BCUT2D eigenvalue weighted by atomic mass is 9.93. The van der Waals surface area contributed by atoms with Gasteiger partial charge in [-0.15, -0.1) is 0 Å². The zero-order valence-corrected chi connectivity index (χ0v) is 15.7. The molecule has 1 atom stereocenters. The third-order valence-corrected chi connectivity index (χ3v) is 5.36. The lowest BCUT2D eigenvalue weighted by Gasteiger charge is -2.44. The summed E-state index contributed by atoms with van der Waals surface area (Å²) in [5.74, 6) is 0.226. The van der Waals surface area contributed by atoms with Crippen LogP contribution < -0.4 is 10.2 Å². The van der Waals surface area contributed by atoms with Crippen LogP contribution in [0.1, 0.15) is 45.6 Å². The second kappa shape index (κ2) is 6.71. The molecule has 5 heteroatoms. The van der Waals surface area contributed by atoms with Crippen LogP contribution in [0, 0.1) is 0 Å². The van der Waals surface area contributed by atoms with Crippen LogP contribution in [0.4, 0.5) is 5.69 Å². The fourth-order valence-corrected chi connectivity index (χ4v) is 4.46.